The molecule has 1 saturated heterocycles. The van der Waals surface area contributed by atoms with Crippen molar-refractivity contribution in [3.8, 4) is 0 Å². The van der Waals surface area contributed by atoms with Crippen LogP contribution in [0, 0.1) is 5.82 Å². The topological polar surface area (TPSA) is 70.7 Å². The van der Waals surface area contributed by atoms with E-state index < -0.39 is 0 Å². The Labute approximate surface area is 180 Å². The molecule has 30 heavy (non-hydrogen) atoms. The first-order chi connectivity index (χ1) is 14.6. The van der Waals surface area contributed by atoms with Crippen molar-refractivity contribution in [3.63, 3.8) is 0 Å². The van der Waals surface area contributed by atoms with Crippen molar-refractivity contribution in [2.75, 3.05) is 49.3 Å². The van der Waals surface area contributed by atoms with Gasteiger partial charge in [0.05, 0.1) is 17.9 Å². The van der Waals surface area contributed by atoms with Gasteiger partial charge in [0, 0.05) is 43.0 Å². The molecule has 6 nitrogen and oxygen atoms in total. The number of rotatable bonds is 9. The average molecular weight is 432 g/mol. The number of benzene rings is 2. The van der Waals surface area contributed by atoms with Crippen LogP contribution >= 0.6 is 11.8 Å². The SMILES string of the molecule is COCCNC(=O)CSc1ccccc1C(=O)Nc1cc(F)cc(N2CCCC2)c1. The Morgan fingerprint density at radius 1 is 1.17 bits per heavy atom. The molecule has 2 N–H and O–H groups in total. The third-order valence-electron chi connectivity index (χ3n) is 4.73. The van der Waals surface area contributed by atoms with E-state index in [0.717, 1.165) is 31.6 Å². The lowest BCUT2D eigenvalue weighted by molar-refractivity contribution is -0.118. The lowest BCUT2D eigenvalue weighted by Gasteiger charge is -2.19. The summed E-state index contributed by atoms with van der Waals surface area (Å²) >= 11 is 1.28. The van der Waals surface area contributed by atoms with Gasteiger partial charge < -0.3 is 20.3 Å². The van der Waals surface area contributed by atoms with E-state index in [2.05, 4.69) is 15.5 Å². The van der Waals surface area contributed by atoms with E-state index in [1.54, 1.807) is 31.4 Å². The quantitative estimate of drug-likeness (QED) is 0.470. The average Bonchev–Trinajstić information content (AvgIpc) is 3.27. The number of carbonyl (C=O) groups excluding carboxylic acids is 2. The number of amides is 2. The van der Waals surface area contributed by atoms with Crippen LogP contribution in [0.5, 0.6) is 0 Å². The van der Waals surface area contributed by atoms with Gasteiger partial charge in [0.2, 0.25) is 5.91 Å². The molecule has 0 aromatic heterocycles. The summed E-state index contributed by atoms with van der Waals surface area (Å²) in [7, 11) is 1.57. The minimum absolute atomic E-state index is 0.132. The number of nitrogens with one attached hydrogen (secondary N) is 2. The maximum atomic E-state index is 14.1. The molecule has 0 saturated carbocycles. The van der Waals surface area contributed by atoms with E-state index in [1.807, 2.05) is 6.07 Å². The van der Waals surface area contributed by atoms with Crippen LogP contribution in [0.1, 0.15) is 23.2 Å². The summed E-state index contributed by atoms with van der Waals surface area (Å²) in [5, 5.41) is 5.55. The molecule has 160 valence electrons. The van der Waals surface area contributed by atoms with Crippen LogP contribution in [-0.2, 0) is 9.53 Å². The van der Waals surface area contributed by atoms with Crippen molar-refractivity contribution in [1.82, 2.24) is 5.32 Å². The molecular formula is C22H26FN3O3S. The number of anilines is 2. The Kier molecular flexibility index (Phi) is 8.10. The summed E-state index contributed by atoms with van der Waals surface area (Å²) in [6, 6.07) is 11.7. The van der Waals surface area contributed by atoms with Crippen molar-refractivity contribution in [1.29, 1.82) is 0 Å². The number of ether oxygens (including phenoxy) is 1. The molecule has 0 unspecified atom stereocenters. The Morgan fingerprint density at radius 2 is 1.93 bits per heavy atom. The molecule has 0 radical (unpaired) electrons. The zero-order chi connectivity index (χ0) is 21.3. The first-order valence-corrected chi connectivity index (χ1v) is 10.9. The summed E-state index contributed by atoms with van der Waals surface area (Å²) in [6.07, 6.45) is 2.17. The van der Waals surface area contributed by atoms with Gasteiger partial charge in [0.25, 0.3) is 5.91 Å². The zero-order valence-electron chi connectivity index (χ0n) is 16.9. The highest BCUT2D eigenvalue weighted by atomic mass is 32.2. The van der Waals surface area contributed by atoms with Gasteiger partial charge in [-0.05, 0) is 43.2 Å². The van der Waals surface area contributed by atoms with Gasteiger partial charge >= 0.3 is 0 Å². The first-order valence-electron chi connectivity index (χ1n) is 9.91. The molecule has 1 aliphatic heterocycles. The number of halogens is 1. The molecule has 1 fully saturated rings. The molecule has 0 spiro atoms. The summed E-state index contributed by atoms with van der Waals surface area (Å²) in [5.74, 6) is -0.666. The highest BCUT2D eigenvalue weighted by molar-refractivity contribution is 8.00. The van der Waals surface area contributed by atoms with Crippen LogP contribution in [0.15, 0.2) is 47.4 Å². The molecule has 2 aromatic carbocycles. The van der Waals surface area contributed by atoms with Crippen molar-refractivity contribution in [2.24, 2.45) is 0 Å². The van der Waals surface area contributed by atoms with Crippen LogP contribution < -0.4 is 15.5 Å². The first kappa shape index (κ1) is 22.1. The second-order valence-corrected chi connectivity index (χ2v) is 7.99. The van der Waals surface area contributed by atoms with Crippen molar-refractivity contribution in [2.45, 2.75) is 17.7 Å². The van der Waals surface area contributed by atoms with Crippen molar-refractivity contribution in [3.05, 3.63) is 53.8 Å². The second-order valence-electron chi connectivity index (χ2n) is 6.97. The minimum Gasteiger partial charge on any atom is -0.383 e. The molecule has 0 aliphatic carbocycles. The lowest BCUT2D eigenvalue weighted by Crippen LogP contribution is -2.28. The monoisotopic (exact) mass is 431 g/mol. The van der Waals surface area contributed by atoms with E-state index in [4.69, 9.17) is 4.74 Å². The van der Waals surface area contributed by atoms with Gasteiger partial charge in [0.1, 0.15) is 5.82 Å². The standard InChI is InChI=1S/C22H26FN3O3S/c1-29-11-8-24-21(27)15-30-20-7-3-2-6-19(20)22(28)25-17-12-16(23)13-18(14-17)26-9-4-5-10-26/h2-3,6-7,12-14H,4-5,8-11,15H2,1H3,(H,24,27)(H,25,28). The molecule has 8 heteroatoms. The molecule has 1 heterocycles. The Balaban J connectivity index is 1.66. The van der Waals surface area contributed by atoms with E-state index >= 15 is 0 Å². The molecule has 0 bridgehead atoms. The van der Waals surface area contributed by atoms with Gasteiger partial charge in [-0.3, -0.25) is 9.59 Å². The molecular weight excluding hydrogens is 405 g/mol. The number of nitrogens with zero attached hydrogens (tertiary/aromatic N) is 1. The third-order valence-corrected chi connectivity index (χ3v) is 5.80. The molecule has 2 amide bonds. The van der Waals surface area contributed by atoms with Gasteiger partial charge in [-0.15, -0.1) is 11.8 Å². The highest BCUT2D eigenvalue weighted by Gasteiger charge is 2.17. The summed E-state index contributed by atoms with van der Waals surface area (Å²) in [5.41, 5.74) is 1.64. The number of carbonyl (C=O) groups is 2. The van der Waals surface area contributed by atoms with Gasteiger partial charge in [-0.2, -0.15) is 0 Å². The number of thioether (sulfide) groups is 1. The largest absolute Gasteiger partial charge is 0.383 e. The van der Waals surface area contributed by atoms with E-state index in [-0.39, 0.29) is 23.4 Å². The Morgan fingerprint density at radius 3 is 2.70 bits per heavy atom. The van der Waals surface area contributed by atoms with E-state index in [0.29, 0.717) is 29.3 Å². The fraction of sp³-hybridized carbons (Fsp3) is 0.364. The number of hydrogen-bond donors (Lipinski definition) is 2. The van der Waals surface area contributed by atoms with Crippen LogP contribution in [0.3, 0.4) is 0 Å². The highest BCUT2D eigenvalue weighted by Crippen LogP contribution is 2.27. The fourth-order valence-electron chi connectivity index (χ4n) is 3.27. The predicted octanol–water partition coefficient (Wildman–Crippen LogP) is 3.53. The maximum absolute atomic E-state index is 14.1. The summed E-state index contributed by atoms with van der Waals surface area (Å²) < 4.78 is 19.0. The Hall–Kier alpha value is -2.58. The zero-order valence-corrected chi connectivity index (χ0v) is 17.8. The predicted molar refractivity (Wildman–Crippen MR) is 118 cm³/mol. The third kappa shape index (κ3) is 6.21. The van der Waals surface area contributed by atoms with Crippen LogP contribution in [0.4, 0.5) is 15.8 Å². The van der Waals surface area contributed by atoms with Gasteiger partial charge in [0.15, 0.2) is 0 Å². The number of methoxy groups -OCH3 is 1. The smallest absolute Gasteiger partial charge is 0.256 e. The lowest BCUT2D eigenvalue weighted by atomic mass is 10.2. The second kappa shape index (κ2) is 11.0. The molecule has 0 atom stereocenters. The van der Waals surface area contributed by atoms with E-state index in [9.17, 15) is 14.0 Å². The Bertz CT molecular complexity index is 888. The van der Waals surface area contributed by atoms with Gasteiger partial charge in [-0.25, -0.2) is 4.39 Å². The normalized spacial score (nSPS) is 13.3. The van der Waals surface area contributed by atoms with Crippen LogP contribution in [-0.4, -0.2) is 50.9 Å². The summed E-state index contributed by atoms with van der Waals surface area (Å²) in [6.45, 7) is 2.67. The molecule has 3 rings (SSSR count). The number of hydrogen-bond acceptors (Lipinski definition) is 5. The van der Waals surface area contributed by atoms with E-state index in [1.165, 1.54) is 23.9 Å². The van der Waals surface area contributed by atoms with Crippen molar-refractivity contribution < 1.29 is 18.7 Å². The maximum Gasteiger partial charge on any atom is 0.256 e. The van der Waals surface area contributed by atoms with Crippen LogP contribution in [0.25, 0.3) is 0 Å². The molecule has 2 aromatic rings. The van der Waals surface area contributed by atoms with Gasteiger partial charge in [-0.1, -0.05) is 12.1 Å². The molecule has 1 aliphatic rings. The fourth-order valence-corrected chi connectivity index (χ4v) is 4.15. The van der Waals surface area contributed by atoms with Crippen molar-refractivity contribution >= 4 is 35.0 Å². The van der Waals surface area contributed by atoms with Crippen LogP contribution in [0.2, 0.25) is 0 Å². The summed E-state index contributed by atoms with van der Waals surface area (Å²) in [4.78, 5) is 27.6. The minimum atomic E-state index is -0.384.